The van der Waals surface area contributed by atoms with Gasteiger partial charge in [-0.3, -0.25) is 0 Å². The van der Waals surface area contributed by atoms with Crippen molar-refractivity contribution in [1.29, 1.82) is 0 Å². The van der Waals surface area contributed by atoms with E-state index in [0.29, 0.717) is 10.6 Å². The first-order chi connectivity index (χ1) is 8.97. The van der Waals surface area contributed by atoms with Crippen molar-refractivity contribution in [2.45, 2.75) is 34.1 Å². The summed E-state index contributed by atoms with van der Waals surface area (Å²) in [6.07, 6.45) is 1.09. The maximum absolute atomic E-state index is 5.30. The molecule has 0 aliphatic heterocycles. The lowest BCUT2D eigenvalue weighted by Crippen LogP contribution is -1.98. The van der Waals surface area contributed by atoms with Gasteiger partial charge < -0.3 is 4.98 Å². The van der Waals surface area contributed by atoms with Crippen molar-refractivity contribution in [2.24, 2.45) is 5.92 Å². The highest BCUT2D eigenvalue weighted by atomic mass is 32.1. The molecule has 0 fully saturated rings. The molecule has 0 unspecified atom stereocenters. The highest BCUT2D eigenvalue weighted by Crippen LogP contribution is 2.23. The zero-order valence-corrected chi connectivity index (χ0v) is 12.8. The third-order valence-electron chi connectivity index (χ3n) is 3.13. The Bertz CT molecular complexity index is 641. The third-order valence-corrected chi connectivity index (χ3v) is 3.53. The van der Waals surface area contributed by atoms with Gasteiger partial charge in [0.1, 0.15) is 10.5 Å². The zero-order chi connectivity index (χ0) is 14.0. The number of nitrogens with one attached hydrogen (secondary N) is 1. The van der Waals surface area contributed by atoms with Gasteiger partial charge in [0, 0.05) is 5.56 Å². The van der Waals surface area contributed by atoms with E-state index in [1.165, 1.54) is 11.1 Å². The molecule has 0 atom stereocenters. The zero-order valence-electron chi connectivity index (χ0n) is 11.9. The Hall–Kier alpha value is -1.48. The van der Waals surface area contributed by atoms with Crippen LogP contribution in [0.1, 0.15) is 30.8 Å². The van der Waals surface area contributed by atoms with Crippen LogP contribution in [0.5, 0.6) is 0 Å². The second kappa shape index (κ2) is 5.66. The molecule has 3 heteroatoms. The Labute approximate surface area is 119 Å². The summed E-state index contributed by atoms with van der Waals surface area (Å²) >= 11 is 5.30. The van der Waals surface area contributed by atoms with E-state index in [-0.39, 0.29) is 0 Å². The molecule has 0 aliphatic carbocycles. The first kappa shape index (κ1) is 13.9. The molecule has 1 aromatic carbocycles. The molecule has 100 valence electrons. The SMILES string of the molecule is Cc1nc(=S)c(C)c(-c2cccc(CC(C)C)c2)[nH]1. The minimum atomic E-state index is 0.661. The summed E-state index contributed by atoms with van der Waals surface area (Å²) in [5.74, 6) is 1.52. The third kappa shape index (κ3) is 3.29. The maximum atomic E-state index is 5.30. The van der Waals surface area contributed by atoms with Gasteiger partial charge in [-0.2, -0.15) is 0 Å². The van der Waals surface area contributed by atoms with Gasteiger partial charge in [-0.05, 0) is 43.4 Å². The minimum Gasteiger partial charge on any atom is -0.343 e. The number of benzene rings is 1. The monoisotopic (exact) mass is 272 g/mol. The maximum Gasteiger partial charge on any atom is 0.133 e. The second-order valence-electron chi connectivity index (χ2n) is 5.43. The molecular formula is C16H20N2S. The number of H-pyrrole nitrogens is 1. The fourth-order valence-corrected chi connectivity index (χ4v) is 2.50. The van der Waals surface area contributed by atoms with E-state index < -0.39 is 0 Å². The van der Waals surface area contributed by atoms with Gasteiger partial charge in [-0.15, -0.1) is 0 Å². The average molecular weight is 272 g/mol. The van der Waals surface area contributed by atoms with Crippen LogP contribution in [0.15, 0.2) is 24.3 Å². The number of hydrogen-bond donors (Lipinski definition) is 1. The molecular weight excluding hydrogens is 252 g/mol. The first-order valence-corrected chi connectivity index (χ1v) is 7.05. The van der Waals surface area contributed by atoms with Crippen LogP contribution in [0.3, 0.4) is 0 Å². The highest BCUT2D eigenvalue weighted by Gasteiger charge is 2.07. The topological polar surface area (TPSA) is 28.7 Å². The van der Waals surface area contributed by atoms with Gasteiger partial charge >= 0.3 is 0 Å². The van der Waals surface area contributed by atoms with Crippen LogP contribution >= 0.6 is 12.2 Å². The molecule has 0 amide bonds. The summed E-state index contributed by atoms with van der Waals surface area (Å²) in [7, 11) is 0. The van der Waals surface area contributed by atoms with Crippen LogP contribution < -0.4 is 0 Å². The van der Waals surface area contributed by atoms with E-state index in [2.05, 4.69) is 48.1 Å². The van der Waals surface area contributed by atoms with Crippen LogP contribution in [-0.2, 0) is 6.42 Å². The van der Waals surface area contributed by atoms with Gasteiger partial charge in [0.25, 0.3) is 0 Å². The molecule has 0 radical (unpaired) electrons. The van der Waals surface area contributed by atoms with Gasteiger partial charge in [0.05, 0.1) is 5.69 Å². The van der Waals surface area contributed by atoms with E-state index in [0.717, 1.165) is 23.5 Å². The summed E-state index contributed by atoms with van der Waals surface area (Å²) in [6.45, 7) is 8.44. The number of nitrogens with zero attached hydrogens (tertiary/aromatic N) is 1. The van der Waals surface area contributed by atoms with E-state index in [1.54, 1.807) is 0 Å². The van der Waals surface area contributed by atoms with Crippen LogP contribution in [0, 0.1) is 24.4 Å². The van der Waals surface area contributed by atoms with Crippen LogP contribution in [-0.4, -0.2) is 9.97 Å². The van der Waals surface area contributed by atoms with Crippen molar-refractivity contribution in [3.63, 3.8) is 0 Å². The van der Waals surface area contributed by atoms with Crippen molar-refractivity contribution in [2.75, 3.05) is 0 Å². The molecule has 0 saturated heterocycles. The fourth-order valence-electron chi connectivity index (χ4n) is 2.26. The van der Waals surface area contributed by atoms with Gasteiger partial charge in [-0.1, -0.05) is 44.3 Å². The Morgan fingerprint density at radius 1 is 1.26 bits per heavy atom. The van der Waals surface area contributed by atoms with Crippen molar-refractivity contribution in [1.82, 2.24) is 9.97 Å². The molecule has 1 N–H and O–H groups in total. The summed E-state index contributed by atoms with van der Waals surface area (Å²) in [4.78, 5) is 7.62. The first-order valence-electron chi connectivity index (χ1n) is 6.64. The summed E-state index contributed by atoms with van der Waals surface area (Å²) in [5, 5.41) is 0. The predicted molar refractivity (Wildman–Crippen MR) is 82.9 cm³/mol. The van der Waals surface area contributed by atoms with Crippen LogP contribution in [0.25, 0.3) is 11.3 Å². The number of rotatable bonds is 3. The lowest BCUT2D eigenvalue weighted by molar-refractivity contribution is 0.647. The van der Waals surface area contributed by atoms with E-state index in [1.807, 2.05) is 13.8 Å². The van der Waals surface area contributed by atoms with Gasteiger partial charge in [0.15, 0.2) is 0 Å². The molecule has 0 spiro atoms. The van der Waals surface area contributed by atoms with E-state index >= 15 is 0 Å². The van der Waals surface area contributed by atoms with Crippen molar-refractivity contribution < 1.29 is 0 Å². The standard InChI is InChI=1S/C16H20N2S/c1-10(2)8-13-6-5-7-14(9-13)15-11(3)16(19)18-12(4)17-15/h5-7,9-10H,8H2,1-4H3,(H,17,18,19). The van der Waals surface area contributed by atoms with E-state index in [9.17, 15) is 0 Å². The largest absolute Gasteiger partial charge is 0.343 e. The average Bonchev–Trinajstić information content (AvgIpc) is 2.33. The molecule has 0 saturated carbocycles. The molecule has 0 aliphatic rings. The smallest absolute Gasteiger partial charge is 0.133 e. The van der Waals surface area contributed by atoms with Crippen molar-refractivity contribution in [3.05, 3.63) is 45.9 Å². The molecule has 2 rings (SSSR count). The van der Waals surface area contributed by atoms with Crippen LogP contribution in [0.4, 0.5) is 0 Å². The Morgan fingerprint density at radius 2 is 2.00 bits per heavy atom. The summed E-state index contributed by atoms with van der Waals surface area (Å²) < 4.78 is 0.681. The summed E-state index contributed by atoms with van der Waals surface area (Å²) in [5.41, 5.74) is 4.68. The molecule has 1 heterocycles. The van der Waals surface area contributed by atoms with E-state index in [4.69, 9.17) is 12.2 Å². The molecule has 1 aromatic heterocycles. The summed E-state index contributed by atoms with van der Waals surface area (Å²) in [6, 6.07) is 8.66. The Kier molecular flexibility index (Phi) is 4.15. The molecule has 0 bridgehead atoms. The Morgan fingerprint density at radius 3 is 2.68 bits per heavy atom. The molecule has 2 aromatic rings. The lowest BCUT2D eigenvalue weighted by atomic mass is 9.99. The van der Waals surface area contributed by atoms with Gasteiger partial charge in [-0.25, -0.2) is 4.98 Å². The van der Waals surface area contributed by atoms with Gasteiger partial charge in [0.2, 0.25) is 0 Å². The molecule has 19 heavy (non-hydrogen) atoms. The fraction of sp³-hybridized carbons (Fsp3) is 0.375. The van der Waals surface area contributed by atoms with Crippen molar-refractivity contribution >= 4 is 12.2 Å². The lowest BCUT2D eigenvalue weighted by Gasteiger charge is -2.10. The highest BCUT2D eigenvalue weighted by molar-refractivity contribution is 7.71. The van der Waals surface area contributed by atoms with Crippen LogP contribution in [0.2, 0.25) is 0 Å². The quantitative estimate of drug-likeness (QED) is 0.826. The number of aromatic nitrogens is 2. The molecule has 2 nitrogen and oxygen atoms in total. The normalized spacial score (nSPS) is 11.0. The second-order valence-corrected chi connectivity index (χ2v) is 5.81. The van der Waals surface area contributed by atoms with Crippen molar-refractivity contribution in [3.8, 4) is 11.3 Å². The predicted octanol–water partition coefficient (Wildman–Crippen LogP) is 4.62. The number of hydrogen-bond acceptors (Lipinski definition) is 2. The minimum absolute atomic E-state index is 0.661. The Balaban J connectivity index is 2.50. The number of aromatic amines is 1. The number of aryl methyl sites for hydroxylation is 1.